The minimum atomic E-state index is -1.07. The predicted molar refractivity (Wildman–Crippen MR) is 80.5 cm³/mol. The average molecular weight is 355 g/mol. The highest BCUT2D eigenvalue weighted by Crippen LogP contribution is 2.24. The van der Waals surface area contributed by atoms with Gasteiger partial charge in [0.15, 0.2) is 0 Å². The molecule has 0 fully saturated rings. The first-order valence-electron chi connectivity index (χ1n) is 5.57. The third-order valence-corrected chi connectivity index (χ3v) is 3.36. The molecule has 102 valence electrons. The molecule has 2 rings (SSSR count). The number of anilines is 1. The van der Waals surface area contributed by atoms with Crippen molar-refractivity contribution in [2.45, 2.75) is 0 Å². The van der Waals surface area contributed by atoms with Gasteiger partial charge in [0.05, 0.1) is 16.3 Å². The van der Waals surface area contributed by atoms with Gasteiger partial charge < -0.3 is 10.4 Å². The van der Waals surface area contributed by atoms with Gasteiger partial charge in [-0.25, -0.2) is 4.79 Å². The zero-order chi connectivity index (χ0) is 14.7. The van der Waals surface area contributed by atoms with E-state index in [1.54, 1.807) is 18.2 Å². The van der Waals surface area contributed by atoms with Crippen molar-refractivity contribution < 1.29 is 14.7 Å². The first kappa shape index (κ1) is 14.6. The first-order valence-corrected chi connectivity index (χ1v) is 6.74. The minimum Gasteiger partial charge on any atom is -0.478 e. The van der Waals surface area contributed by atoms with Gasteiger partial charge in [0.25, 0.3) is 5.91 Å². The molecule has 0 unspecified atom stereocenters. The Morgan fingerprint density at radius 2 is 1.85 bits per heavy atom. The molecule has 0 aliphatic rings. The number of carboxylic acid groups (broad SMARTS) is 1. The third kappa shape index (κ3) is 3.37. The maximum atomic E-state index is 12.0. The van der Waals surface area contributed by atoms with Crippen LogP contribution >= 0.6 is 27.5 Å². The normalized spacial score (nSPS) is 10.1. The molecule has 1 amide bonds. The summed E-state index contributed by atoms with van der Waals surface area (Å²) in [4.78, 5) is 22.8. The van der Waals surface area contributed by atoms with Gasteiger partial charge in [-0.3, -0.25) is 4.79 Å². The topological polar surface area (TPSA) is 66.4 Å². The summed E-state index contributed by atoms with van der Waals surface area (Å²) < 4.78 is 0.789. The van der Waals surface area contributed by atoms with Crippen LogP contribution in [0.3, 0.4) is 0 Å². The molecule has 0 heterocycles. The van der Waals surface area contributed by atoms with Crippen LogP contribution < -0.4 is 5.32 Å². The van der Waals surface area contributed by atoms with Gasteiger partial charge in [-0.05, 0) is 36.4 Å². The summed E-state index contributed by atoms with van der Waals surface area (Å²) in [6, 6.07) is 11.0. The van der Waals surface area contributed by atoms with Crippen LogP contribution in [-0.2, 0) is 0 Å². The Morgan fingerprint density at radius 3 is 2.45 bits per heavy atom. The molecule has 0 saturated heterocycles. The van der Waals surface area contributed by atoms with Gasteiger partial charge in [-0.15, -0.1) is 0 Å². The highest BCUT2D eigenvalue weighted by molar-refractivity contribution is 9.10. The molecule has 0 spiro atoms. The third-order valence-electron chi connectivity index (χ3n) is 2.55. The number of halogens is 2. The van der Waals surface area contributed by atoms with E-state index >= 15 is 0 Å². The van der Waals surface area contributed by atoms with Crippen LogP contribution in [-0.4, -0.2) is 17.0 Å². The van der Waals surface area contributed by atoms with E-state index in [-0.39, 0.29) is 16.5 Å². The Labute approximate surface area is 128 Å². The maximum absolute atomic E-state index is 12.0. The van der Waals surface area contributed by atoms with Gasteiger partial charge in [0.2, 0.25) is 0 Å². The van der Waals surface area contributed by atoms with E-state index in [2.05, 4.69) is 21.2 Å². The van der Waals surface area contributed by atoms with Crippen LogP contribution in [0.2, 0.25) is 5.02 Å². The lowest BCUT2D eigenvalue weighted by atomic mass is 10.2. The molecule has 0 aromatic heterocycles. The van der Waals surface area contributed by atoms with Crippen LogP contribution in [0.25, 0.3) is 0 Å². The number of rotatable bonds is 3. The smallest absolute Gasteiger partial charge is 0.335 e. The summed E-state index contributed by atoms with van der Waals surface area (Å²) in [5.41, 5.74) is 0.898. The number of hydrogen-bond acceptors (Lipinski definition) is 2. The van der Waals surface area contributed by atoms with E-state index in [0.717, 1.165) is 4.47 Å². The molecule has 2 aromatic rings. The molecule has 0 radical (unpaired) electrons. The molecule has 0 aliphatic carbocycles. The standard InChI is InChI=1S/C14H9BrClNO3/c15-10-3-1-2-8(6-10)13(18)17-12-5-4-9(14(19)20)7-11(12)16/h1-7H,(H,17,18)(H,19,20). The molecule has 4 nitrogen and oxygen atoms in total. The number of aromatic carboxylic acids is 1. The fraction of sp³-hybridized carbons (Fsp3) is 0. The fourth-order valence-electron chi connectivity index (χ4n) is 1.57. The molecule has 2 N–H and O–H groups in total. The van der Waals surface area contributed by atoms with Crippen molar-refractivity contribution in [1.82, 2.24) is 0 Å². The zero-order valence-corrected chi connectivity index (χ0v) is 12.4. The molecule has 0 atom stereocenters. The number of carboxylic acids is 1. The van der Waals surface area contributed by atoms with E-state index in [1.807, 2.05) is 6.07 Å². The Morgan fingerprint density at radius 1 is 1.10 bits per heavy atom. The van der Waals surface area contributed by atoms with Gasteiger partial charge >= 0.3 is 5.97 Å². The van der Waals surface area contributed by atoms with Crippen molar-refractivity contribution >= 4 is 45.1 Å². The Hall–Kier alpha value is -1.85. The van der Waals surface area contributed by atoms with Crippen molar-refractivity contribution in [3.8, 4) is 0 Å². The summed E-state index contributed by atoms with van der Waals surface area (Å²) in [5.74, 6) is -1.40. The number of amides is 1. The molecule has 0 bridgehead atoms. The van der Waals surface area contributed by atoms with E-state index in [9.17, 15) is 9.59 Å². The van der Waals surface area contributed by atoms with Crippen LogP contribution in [0.5, 0.6) is 0 Å². The number of nitrogens with one attached hydrogen (secondary N) is 1. The van der Waals surface area contributed by atoms with Crippen LogP contribution in [0.15, 0.2) is 46.9 Å². The van der Waals surface area contributed by atoms with E-state index < -0.39 is 5.97 Å². The largest absolute Gasteiger partial charge is 0.478 e. The van der Waals surface area contributed by atoms with E-state index in [1.165, 1.54) is 18.2 Å². The molecular weight excluding hydrogens is 346 g/mol. The molecule has 20 heavy (non-hydrogen) atoms. The van der Waals surface area contributed by atoms with Gasteiger partial charge in [-0.1, -0.05) is 33.6 Å². The van der Waals surface area contributed by atoms with Crippen molar-refractivity contribution in [3.63, 3.8) is 0 Å². The minimum absolute atomic E-state index is 0.0652. The lowest BCUT2D eigenvalue weighted by molar-refractivity contribution is 0.0696. The van der Waals surface area contributed by atoms with Gasteiger partial charge in [0, 0.05) is 10.0 Å². The Balaban J connectivity index is 2.22. The summed E-state index contributed by atoms with van der Waals surface area (Å²) >= 11 is 9.23. The number of benzene rings is 2. The number of carbonyl (C=O) groups is 2. The monoisotopic (exact) mass is 353 g/mol. The molecule has 2 aromatic carbocycles. The molecule has 6 heteroatoms. The first-order chi connectivity index (χ1) is 9.47. The lowest BCUT2D eigenvalue weighted by Gasteiger charge is -2.08. The van der Waals surface area contributed by atoms with Crippen molar-refractivity contribution in [2.24, 2.45) is 0 Å². The van der Waals surface area contributed by atoms with Crippen molar-refractivity contribution in [3.05, 3.63) is 63.1 Å². The molecular formula is C14H9BrClNO3. The van der Waals surface area contributed by atoms with E-state index in [4.69, 9.17) is 16.7 Å². The lowest BCUT2D eigenvalue weighted by Crippen LogP contribution is -2.12. The Kier molecular flexibility index (Phi) is 4.42. The zero-order valence-electron chi connectivity index (χ0n) is 10.1. The van der Waals surface area contributed by atoms with Crippen LogP contribution in [0.4, 0.5) is 5.69 Å². The highest BCUT2D eigenvalue weighted by atomic mass is 79.9. The summed E-state index contributed by atoms with van der Waals surface area (Å²) in [6.07, 6.45) is 0. The molecule has 0 saturated carbocycles. The highest BCUT2D eigenvalue weighted by Gasteiger charge is 2.11. The fourth-order valence-corrected chi connectivity index (χ4v) is 2.20. The SMILES string of the molecule is O=C(O)c1ccc(NC(=O)c2cccc(Br)c2)c(Cl)c1. The summed E-state index contributed by atoms with van der Waals surface area (Å²) in [7, 11) is 0. The summed E-state index contributed by atoms with van der Waals surface area (Å²) in [6.45, 7) is 0. The van der Waals surface area contributed by atoms with Crippen molar-refractivity contribution in [1.29, 1.82) is 0 Å². The second-order valence-electron chi connectivity index (χ2n) is 3.96. The van der Waals surface area contributed by atoms with Crippen LogP contribution in [0, 0.1) is 0 Å². The second kappa shape index (κ2) is 6.07. The van der Waals surface area contributed by atoms with Gasteiger partial charge in [-0.2, -0.15) is 0 Å². The van der Waals surface area contributed by atoms with Crippen LogP contribution in [0.1, 0.15) is 20.7 Å². The average Bonchev–Trinajstić information content (AvgIpc) is 2.40. The van der Waals surface area contributed by atoms with Crippen molar-refractivity contribution in [2.75, 3.05) is 5.32 Å². The number of carbonyl (C=O) groups excluding carboxylic acids is 1. The predicted octanol–water partition coefficient (Wildman–Crippen LogP) is 4.05. The second-order valence-corrected chi connectivity index (χ2v) is 5.29. The number of hydrogen-bond donors (Lipinski definition) is 2. The van der Waals surface area contributed by atoms with Gasteiger partial charge in [0.1, 0.15) is 0 Å². The quantitative estimate of drug-likeness (QED) is 0.874. The van der Waals surface area contributed by atoms with E-state index in [0.29, 0.717) is 11.3 Å². The Bertz CT molecular complexity index is 688. The summed E-state index contributed by atoms with van der Waals surface area (Å²) in [5, 5.41) is 11.6. The maximum Gasteiger partial charge on any atom is 0.335 e. The molecule has 0 aliphatic heterocycles.